The Kier molecular flexibility index (Phi) is 5.70. The van der Waals surface area contributed by atoms with Crippen LogP contribution < -0.4 is 4.74 Å². The summed E-state index contributed by atoms with van der Waals surface area (Å²) in [6, 6.07) is 20.3. The largest absolute Gasteiger partial charge is 0.476 e. The maximum absolute atomic E-state index is 12.5. The standard InChI is InChI=1S/C22H22N2O4/c1-15-14-16(2)24-21(23-15)28-22(27-3,20(25)26)19(17-10-6-4-7-11-17)18-12-8-5-9-13-18/h4-14,19H,1-3H3,(H,25,26). The molecule has 1 N–H and O–H groups in total. The SMILES string of the molecule is COC(Oc1nc(C)cc(C)n1)(C(=O)O)C(c1ccccc1)c1ccccc1. The third kappa shape index (κ3) is 3.87. The van der Waals surface area contributed by atoms with Gasteiger partial charge < -0.3 is 14.6 Å². The van der Waals surface area contributed by atoms with Crippen LogP contribution in [-0.2, 0) is 9.53 Å². The Balaban J connectivity index is 2.19. The van der Waals surface area contributed by atoms with E-state index in [-0.39, 0.29) is 6.01 Å². The van der Waals surface area contributed by atoms with Gasteiger partial charge in [-0.25, -0.2) is 14.8 Å². The lowest BCUT2D eigenvalue weighted by Crippen LogP contribution is -2.52. The average Bonchev–Trinajstić information content (AvgIpc) is 2.68. The van der Waals surface area contributed by atoms with E-state index < -0.39 is 17.7 Å². The lowest BCUT2D eigenvalue weighted by atomic mass is 9.83. The zero-order valence-corrected chi connectivity index (χ0v) is 16.0. The van der Waals surface area contributed by atoms with Gasteiger partial charge in [0.05, 0.1) is 5.92 Å². The highest BCUT2D eigenvalue weighted by atomic mass is 16.7. The Morgan fingerprint density at radius 2 is 1.39 bits per heavy atom. The number of hydrogen-bond donors (Lipinski definition) is 1. The quantitative estimate of drug-likeness (QED) is 0.631. The van der Waals surface area contributed by atoms with Gasteiger partial charge in [-0.15, -0.1) is 0 Å². The van der Waals surface area contributed by atoms with Gasteiger partial charge >= 0.3 is 17.8 Å². The summed E-state index contributed by atoms with van der Waals surface area (Å²) in [4.78, 5) is 21.0. The van der Waals surface area contributed by atoms with Crippen molar-refractivity contribution in [2.24, 2.45) is 0 Å². The number of carboxylic acid groups (broad SMARTS) is 1. The smallest absolute Gasteiger partial charge is 0.378 e. The first kappa shape index (κ1) is 19.5. The fourth-order valence-corrected chi connectivity index (χ4v) is 3.27. The summed E-state index contributed by atoms with van der Waals surface area (Å²) >= 11 is 0. The maximum Gasteiger partial charge on any atom is 0.378 e. The molecule has 0 aliphatic heterocycles. The van der Waals surface area contributed by atoms with E-state index in [0.717, 1.165) is 11.1 Å². The first-order chi connectivity index (χ1) is 13.5. The van der Waals surface area contributed by atoms with Crippen LogP contribution >= 0.6 is 0 Å². The van der Waals surface area contributed by atoms with Crippen LogP contribution in [0.25, 0.3) is 0 Å². The van der Waals surface area contributed by atoms with Crippen molar-refractivity contribution in [3.63, 3.8) is 0 Å². The molecular formula is C22H22N2O4. The first-order valence-corrected chi connectivity index (χ1v) is 8.86. The van der Waals surface area contributed by atoms with E-state index in [9.17, 15) is 9.90 Å². The van der Waals surface area contributed by atoms with Crippen molar-refractivity contribution in [3.8, 4) is 6.01 Å². The number of benzene rings is 2. The second-order valence-corrected chi connectivity index (χ2v) is 6.47. The number of nitrogens with zero attached hydrogens (tertiary/aromatic N) is 2. The van der Waals surface area contributed by atoms with Gasteiger partial charge in [0.15, 0.2) is 0 Å². The predicted octanol–water partition coefficient (Wildman–Crippen LogP) is 3.73. The number of carbonyl (C=O) groups is 1. The Labute approximate surface area is 163 Å². The second kappa shape index (κ2) is 8.19. The zero-order chi connectivity index (χ0) is 20.1. The van der Waals surface area contributed by atoms with Crippen molar-refractivity contribution < 1.29 is 19.4 Å². The van der Waals surface area contributed by atoms with Crippen LogP contribution in [0.1, 0.15) is 28.4 Å². The molecule has 1 atom stereocenters. The molecule has 2 aromatic carbocycles. The molecular weight excluding hydrogens is 356 g/mol. The molecule has 0 saturated carbocycles. The van der Waals surface area contributed by atoms with Crippen molar-refractivity contribution in [2.75, 3.05) is 7.11 Å². The van der Waals surface area contributed by atoms with Crippen LogP contribution in [-0.4, -0.2) is 33.9 Å². The summed E-state index contributed by atoms with van der Waals surface area (Å²) < 4.78 is 11.5. The summed E-state index contributed by atoms with van der Waals surface area (Å²) in [5.41, 5.74) is 2.83. The maximum atomic E-state index is 12.5. The van der Waals surface area contributed by atoms with Crippen molar-refractivity contribution in [1.29, 1.82) is 0 Å². The monoisotopic (exact) mass is 378 g/mol. The topological polar surface area (TPSA) is 81.5 Å². The molecule has 144 valence electrons. The van der Waals surface area contributed by atoms with Gasteiger partial charge in [-0.1, -0.05) is 60.7 Å². The molecule has 3 aromatic rings. The molecule has 3 rings (SSSR count). The highest BCUT2D eigenvalue weighted by Crippen LogP contribution is 2.38. The molecule has 0 fully saturated rings. The molecule has 28 heavy (non-hydrogen) atoms. The summed E-state index contributed by atoms with van der Waals surface area (Å²) in [7, 11) is 1.32. The number of rotatable bonds is 7. The minimum Gasteiger partial charge on any atom is -0.476 e. The molecule has 0 aliphatic carbocycles. The third-order valence-electron chi connectivity index (χ3n) is 4.45. The van der Waals surface area contributed by atoms with Crippen molar-refractivity contribution in [3.05, 3.63) is 89.2 Å². The summed E-state index contributed by atoms with van der Waals surface area (Å²) in [6.07, 6.45) is 0. The summed E-state index contributed by atoms with van der Waals surface area (Å²) in [5, 5.41) is 10.2. The first-order valence-electron chi connectivity index (χ1n) is 8.86. The zero-order valence-electron chi connectivity index (χ0n) is 16.0. The van der Waals surface area contributed by atoms with Gasteiger partial charge in [0.2, 0.25) is 0 Å². The van der Waals surface area contributed by atoms with Crippen molar-refractivity contribution in [1.82, 2.24) is 9.97 Å². The molecule has 6 heteroatoms. The molecule has 1 heterocycles. The van der Waals surface area contributed by atoms with Crippen LogP contribution in [0.15, 0.2) is 66.7 Å². The number of aliphatic carboxylic acids is 1. The predicted molar refractivity (Wildman–Crippen MR) is 104 cm³/mol. The van der Waals surface area contributed by atoms with Crippen molar-refractivity contribution >= 4 is 5.97 Å². The molecule has 6 nitrogen and oxygen atoms in total. The van der Waals surface area contributed by atoms with Gasteiger partial charge in [0.1, 0.15) is 0 Å². The Bertz CT molecular complexity index is 888. The lowest BCUT2D eigenvalue weighted by molar-refractivity contribution is -0.210. The number of hydrogen-bond acceptors (Lipinski definition) is 5. The minimum atomic E-state index is -2.05. The summed E-state index contributed by atoms with van der Waals surface area (Å²) in [6.45, 7) is 3.59. The molecule has 0 saturated heterocycles. The molecule has 1 unspecified atom stereocenters. The Hall–Kier alpha value is -3.25. The van der Waals surface area contributed by atoms with Crippen molar-refractivity contribution in [2.45, 2.75) is 25.6 Å². The van der Waals surface area contributed by atoms with E-state index in [4.69, 9.17) is 9.47 Å². The lowest BCUT2D eigenvalue weighted by Gasteiger charge is -2.35. The molecule has 0 spiro atoms. The van der Waals surface area contributed by atoms with E-state index in [1.165, 1.54) is 7.11 Å². The number of aromatic nitrogens is 2. The van der Waals surface area contributed by atoms with E-state index in [1.807, 2.05) is 60.7 Å². The van der Waals surface area contributed by atoms with E-state index in [2.05, 4.69) is 9.97 Å². The number of carboxylic acids is 1. The van der Waals surface area contributed by atoms with E-state index in [1.54, 1.807) is 19.9 Å². The molecule has 0 aliphatic rings. The van der Waals surface area contributed by atoms with Crippen LogP contribution in [0.3, 0.4) is 0 Å². The Morgan fingerprint density at radius 1 is 0.929 bits per heavy atom. The molecule has 0 radical (unpaired) electrons. The highest BCUT2D eigenvalue weighted by Gasteiger charge is 2.52. The summed E-state index contributed by atoms with van der Waals surface area (Å²) in [5.74, 6) is -4.07. The normalized spacial score (nSPS) is 13.1. The number of aryl methyl sites for hydroxylation is 2. The van der Waals surface area contributed by atoms with Crippen LogP contribution in [0.5, 0.6) is 6.01 Å². The molecule has 1 aromatic heterocycles. The molecule has 0 bridgehead atoms. The highest BCUT2D eigenvalue weighted by molar-refractivity contribution is 5.79. The fourth-order valence-electron chi connectivity index (χ4n) is 3.27. The second-order valence-electron chi connectivity index (χ2n) is 6.47. The third-order valence-corrected chi connectivity index (χ3v) is 4.45. The van der Waals surface area contributed by atoms with Gasteiger partial charge in [-0.3, -0.25) is 0 Å². The average molecular weight is 378 g/mol. The van der Waals surface area contributed by atoms with Crippen LogP contribution in [0.4, 0.5) is 0 Å². The van der Waals surface area contributed by atoms with Gasteiger partial charge in [0, 0.05) is 18.5 Å². The van der Waals surface area contributed by atoms with Crippen LogP contribution in [0.2, 0.25) is 0 Å². The van der Waals surface area contributed by atoms with Crippen LogP contribution in [0, 0.1) is 13.8 Å². The Morgan fingerprint density at radius 3 is 1.79 bits per heavy atom. The van der Waals surface area contributed by atoms with E-state index >= 15 is 0 Å². The van der Waals surface area contributed by atoms with E-state index in [0.29, 0.717) is 11.4 Å². The number of methoxy groups -OCH3 is 1. The van der Waals surface area contributed by atoms with Gasteiger partial charge in [0.25, 0.3) is 0 Å². The van der Waals surface area contributed by atoms with Gasteiger partial charge in [-0.2, -0.15) is 0 Å². The molecule has 0 amide bonds. The van der Waals surface area contributed by atoms with Gasteiger partial charge in [-0.05, 0) is 31.0 Å². The number of ether oxygens (including phenoxy) is 2. The minimum absolute atomic E-state index is 0.0430. The fraction of sp³-hybridized carbons (Fsp3) is 0.227.